The molecule has 1 saturated carbocycles. The van der Waals surface area contributed by atoms with E-state index in [9.17, 15) is 4.79 Å². The summed E-state index contributed by atoms with van der Waals surface area (Å²) in [7, 11) is 0. The Morgan fingerprint density at radius 2 is 1.87 bits per heavy atom. The number of para-hydroxylation sites is 1. The molecule has 0 N–H and O–H groups in total. The van der Waals surface area contributed by atoms with Crippen molar-refractivity contribution in [3.05, 3.63) is 71.3 Å². The van der Waals surface area contributed by atoms with Gasteiger partial charge in [0.2, 0.25) is 11.9 Å². The highest BCUT2D eigenvalue weighted by Crippen LogP contribution is 2.27. The van der Waals surface area contributed by atoms with E-state index in [0.717, 1.165) is 80.2 Å². The van der Waals surface area contributed by atoms with Crippen LogP contribution < -0.4 is 9.64 Å². The van der Waals surface area contributed by atoms with Crippen molar-refractivity contribution in [3.63, 3.8) is 0 Å². The monoisotopic (exact) mass is 515 g/mol. The van der Waals surface area contributed by atoms with E-state index in [2.05, 4.69) is 22.8 Å². The van der Waals surface area contributed by atoms with Crippen molar-refractivity contribution >= 4 is 11.9 Å². The first-order valence-electron chi connectivity index (χ1n) is 14.3. The topological polar surface area (TPSA) is 61.8 Å². The summed E-state index contributed by atoms with van der Waals surface area (Å²) >= 11 is 0. The Hall–Kier alpha value is -3.19. The highest BCUT2D eigenvalue weighted by atomic mass is 16.5. The number of amides is 1. The van der Waals surface area contributed by atoms with Crippen LogP contribution in [0.25, 0.3) is 0 Å². The van der Waals surface area contributed by atoms with Gasteiger partial charge in [0.25, 0.3) is 0 Å². The average molecular weight is 516 g/mol. The van der Waals surface area contributed by atoms with Gasteiger partial charge in [-0.15, -0.1) is 0 Å². The third-order valence-electron chi connectivity index (χ3n) is 8.04. The predicted octanol–water partition coefficient (Wildman–Crippen LogP) is 4.57. The van der Waals surface area contributed by atoms with Crippen molar-refractivity contribution in [2.24, 2.45) is 0 Å². The number of nitrogens with zero attached hydrogens (tertiary/aromatic N) is 5. The molecule has 1 amide bonds. The van der Waals surface area contributed by atoms with E-state index in [1.54, 1.807) is 0 Å². The fraction of sp³-hybridized carbons (Fsp3) is 0.516. The lowest BCUT2D eigenvalue weighted by molar-refractivity contribution is -0.130. The smallest absolute Gasteiger partial charge is 0.227 e. The molecule has 1 saturated heterocycles. The second kappa shape index (κ2) is 12.6. The van der Waals surface area contributed by atoms with Crippen LogP contribution in [0.3, 0.4) is 0 Å². The molecule has 38 heavy (non-hydrogen) atoms. The normalized spacial score (nSPS) is 19.3. The average Bonchev–Trinajstić information content (AvgIpc) is 3.12. The van der Waals surface area contributed by atoms with Crippen molar-refractivity contribution in [3.8, 4) is 5.75 Å². The van der Waals surface area contributed by atoms with Crippen molar-refractivity contribution < 1.29 is 9.53 Å². The number of anilines is 1. The van der Waals surface area contributed by atoms with Gasteiger partial charge < -0.3 is 14.5 Å². The fourth-order valence-electron chi connectivity index (χ4n) is 5.48. The highest BCUT2D eigenvalue weighted by Gasteiger charge is 2.29. The van der Waals surface area contributed by atoms with Crippen LogP contribution in [0.1, 0.15) is 56.4 Å². The molecule has 3 aliphatic rings. The van der Waals surface area contributed by atoms with E-state index in [4.69, 9.17) is 14.7 Å². The van der Waals surface area contributed by atoms with Gasteiger partial charge in [0, 0.05) is 63.5 Å². The van der Waals surface area contributed by atoms with Gasteiger partial charge >= 0.3 is 0 Å². The Bertz CT molecular complexity index is 1160. The molecule has 7 heteroatoms. The van der Waals surface area contributed by atoms with Gasteiger partial charge in [0.1, 0.15) is 11.5 Å². The maximum Gasteiger partial charge on any atom is 0.227 e. The van der Waals surface area contributed by atoms with Crippen LogP contribution in [0.2, 0.25) is 0 Å². The zero-order valence-corrected chi connectivity index (χ0v) is 22.9. The number of allylic oxidation sites excluding steroid dienone is 4. The molecule has 5 rings (SSSR count). The molecule has 2 fully saturated rings. The maximum absolute atomic E-state index is 13.3. The second-order valence-corrected chi connectivity index (χ2v) is 10.6. The van der Waals surface area contributed by atoms with Crippen LogP contribution in [-0.4, -0.2) is 71.0 Å². The van der Waals surface area contributed by atoms with Crippen molar-refractivity contribution in [1.29, 1.82) is 0 Å². The molecule has 2 aliphatic heterocycles. The molecule has 0 radical (unpaired) electrons. The van der Waals surface area contributed by atoms with Crippen LogP contribution in [-0.2, 0) is 24.1 Å². The number of benzene rings is 1. The summed E-state index contributed by atoms with van der Waals surface area (Å²) in [6.07, 6.45) is 15.0. The maximum atomic E-state index is 13.3. The van der Waals surface area contributed by atoms with Gasteiger partial charge in [-0.1, -0.05) is 43.7 Å². The Morgan fingerprint density at radius 3 is 2.63 bits per heavy atom. The summed E-state index contributed by atoms with van der Waals surface area (Å²) in [5, 5.41) is 0. The molecule has 1 aromatic heterocycles. The number of aromatic nitrogens is 2. The van der Waals surface area contributed by atoms with Crippen LogP contribution >= 0.6 is 0 Å². The number of piperazine rings is 1. The van der Waals surface area contributed by atoms with Crippen molar-refractivity contribution in [2.45, 2.75) is 64.8 Å². The molecule has 0 bridgehead atoms. The predicted molar refractivity (Wildman–Crippen MR) is 151 cm³/mol. The first-order valence-corrected chi connectivity index (χ1v) is 14.3. The van der Waals surface area contributed by atoms with Crippen molar-refractivity contribution in [2.75, 3.05) is 44.2 Å². The van der Waals surface area contributed by atoms with Gasteiger partial charge in [-0.25, -0.2) is 9.97 Å². The SMILES string of the molecule is CC/C=C\C=C(/C)Oc1ccccc1CC(=O)N1CCc2cnc(N3CCN(C4CCC4)CC3)nc2CC1. The molecule has 7 nitrogen and oxygen atoms in total. The molecular weight excluding hydrogens is 474 g/mol. The minimum Gasteiger partial charge on any atom is -0.462 e. The first kappa shape index (κ1) is 26.4. The van der Waals surface area contributed by atoms with E-state index in [-0.39, 0.29) is 5.91 Å². The van der Waals surface area contributed by atoms with Crippen molar-refractivity contribution in [1.82, 2.24) is 19.8 Å². The largest absolute Gasteiger partial charge is 0.462 e. The van der Waals surface area contributed by atoms with E-state index in [0.29, 0.717) is 19.5 Å². The third kappa shape index (κ3) is 6.44. The lowest BCUT2D eigenvalue weighted by Crippen LogP contribution is -2.52. The molecule has 1 aromatic carbocycles. The minimum absolute atomic E-state index is 0.127. The number of rotatable bonds is 8. The third-order valence-corrected chi connectivity index (χ3v) is 8.04. The number of ether oxygens (including phenoxy) is 1. The highest BCUT2D eigenvalue weighted by molar-refractivity contribution is 5.79. The Kier molecular flexibility index (Phi) is 8.74. The fourth-order valence-corrected chi connectivity index (χ4v) is 5.48. The zero-order chi connectivity index (χ0) is 26.3. The van der Waals surface area contributed by atoms with Crippen LogP contribution in [0, 0.1) is 0 Å². The lowest BCUT2D eigenvalue weighted by atomic mass is 9.91. The molecular formula is C31H41N5O2. The Labute approximate surface area is 227 Å². The van der Waals surface area contributed by atoms with Gasteiger partial charge in [0.05, 0.1) is 12.1 Å². The number of carbonyl (C=O) groups is 1. The Morgan fingerprint density at radius 1 is 1.08 bits per heavy atom. The summed E-state index contributed by atoms with van der Waals surface area (Å²) < 4.78 is 6.07. The number of hydrogen-bond acceptors (Lipinski definition) is 6. The first-order chi connectivity index (χ1) is 18.6. The molecule has 0 unspecified atom stereocenters. The molecule has 1 aliphatic carbocycles. The summed E-state index contributed by atoms with van der Waals surface area (Å²) in [5.41, 5.74) is 3.17. The van der Waals surface area contributed by atoms with Gasteiger partial charge in [0.15, 0.2) is 0 Å². The van der Waals surface area contributed by atoms with Crippen LogP contribution in [0.5, 0.6) is 5.75 Å². The molecule has 3 heterocycles. The summed E-state index contributed by atoms with van der Waals surface area (Å²) in [6, 6.07) is 8.63. The number of fused-ring (bicyclic) bond motifs is 1. The van der Waals surface area contributed by atoms with E-state index in [1.807, 2.05) is 54.4 Å². The van der Waals surface area contributed by atoms with Crippen LogP contribution in [0.4, 0.5) is 5.95 Å². The number of carbonyl (C=O) groups excluding carboxylic acids is 1. The van der Waals surface area contributed by atoms with Gasteiger partial charge in [-0.2, -0.15) is 0 Å². The standard InChI is InChI=1S/C31H41N5O2/c1-3-4-5-9-24(2)38-29-13-7-6-10-25(29)22-30(37)35-16-14-26-23-32-31(33-28(26)15-17-35)36-20-18-34(19-21-36)27-11-8-12-27/h4-7,9-10,13,23,27H,3,8,11-12,14-22H2,1-2H3/b5-4-,24-9+. The van der Waals surface area contributed by atoms with Gasteiger partial charge in [-0.3, -0.25) is 9.69 Å². The van der Waals surface area contributed by atoms with E-state index < -0.39 is 0 Å². The van der Waals surface area contributed by atoms with E-state index >= 15 is 0 Å². The lowest BCUT2D eigenvalue weighted by Gasteiger charge is -2.43. The molecule has 0 atom stereocenters. The molecule has 0 spiro atoms. The number of hydrogen-bond donors (Lipinski definition) is 0. The second-order valence-electron chi connectivity index (χ2n) is 10.6. The summed E-state index contributed by atoms with van der Waals surface area (Å²) in [6.45, 7) is 9.60. The molecule has 202 valence electrons. The quantitative estimate of drug-likeness (QED) is 0.379. The summed E-state index contributed by atoms with van der Waals surface area (Å²) in [4.78, 5) is 30.0. The minimum atomic E-state index is 0.127. The molecule has 2 aromatic rings. The zero-order valence-electron chi connectivity index (χ0n) is 22.9. The van der Waals surface area contributed by atoms with E-state index in [1.165, 1.54) is 24.8 Å². The summed E-state index contributed by atoms with van der Waals surface area (Å²) in [5.74, 6) is 2.52. The van der Waals surface area contributed by atoms with Gasteiger partial charge in [-0.05, 0) is 50.3 Å². The van der Waals surface area contributed by atoms with Crippen LogP contribution in [0.15, 0.2) is 54.4 Å². The Balaban J connectivity index is 1.18.